The van der Waals surface area contributed by atoms with Gasteiger partial charge in [0, 0.05) is 53.7 Å². The normalized spacial score (nSPS) is 17.3. The Balaban J connectivity index is 2.09. The fourth-order valence-corrected chi connectivity index (χ4v) is 2.59. The molecule has 24 heavy (non-hydrogen) atoms. The quantitative estimate of drug-likeness (QED) is 0.508. The maximum atomic E-state index is 6.38. The van der Waals surface area contributed by atoms with Crippen molar-refractivity contribution in [3.8, 4) is 0 Å². The van der Waals surface area contributed by atoms with Crippen LogP contribution in [0.4, 0.5) is 5.69 Å². The highest BCUT2D eigenvalue weighted by molar-refractivity contribution is 6.23. The van der Waals surface area contributed by atoms with Gasteiger partial charge in [-0.2, -0.15) is 0 Å². The van der Waals surface area contributed by atoms with E-state index in [1.54, 1.807) is 24.8 Å². The van der Waals surface area contributed by atoms with Crippen molar-refractivity contribution in [1.29, 1.82) is 0 Å². The minimum atomic E-state index is -0.248. The second-order valence-corrected chi connectivity index (χ2v) is 5.73. The van der Waals surface area contributed by atoms with E-state index < -0.39 is 0 Å². The Kier molecular flexibility index (Phi) is 4.91. The molecule has 0 fully saturated rings. The molecule has 6 heteroatoms. The van der Waals surface area contributed by atoms with Crippen LogP contribution in [0.25, 0.3) is 17.3 Å². The molecule has 0 amide bonds. The van der Waals surface area contributed by atoms with Gasteiger partial charge in [0.1, 0.15) is 5.50 Å². The maximum Gasteiger partial charge on any atom is 0.120 e. The van der Waals surface area contributed by atoms with E-state index >= 15 is 0 Å². The summed E-state index contributed by atoms with van der Waals surface area (Å²) in [5.74, 6) is 0. The van der Waals surface area contributed by atoms with Gasteiger partial charge in [-0.1, -0.05) is 11.6 Å². The summed E-state index contributed by atoms with van der Waals surface area (Å²) in [5, 5.41) is 3.19. The number of alkyl halides is 1. The van der Waals surface area contributed by atoms with Crippen LogP contribution in [-0.2, 0) is 0 Å². The van der Waals surface area contributed by atoms with Gasteiger partial charge in [0.05, 0.1) is 11.4 Å². The highest BCUT2D eigenvalue weighted by Gasteiger charge is 2.14. The number of hydrogen-bond donors (Lipinski definition) is 2. The van der Waals surface area contributed by atoms with Crippen molar-refractivity contribution in [2.45, 2.75) is 12.4 Å². The summed E-state index contributed by atoms with van der Waals surface area (Å²) in [6.07, 6.45) is 10.8. The summed E-state index contributed by atoms with van der Waals surface area (Å²) in [6, 6.07) is 5.76. The molecule has 0 aromatic carbocycles. The van der Waals surface area contributed by atoms with Gasteiger partial charge in [-0.15, -0.1) is 0 Å². The Labute approximate surface area is 146 Å². The number of allylic oxidation sites excluding steroid dienone is 1. The van der Waals surface area contributed by atoms with E-state index in [-0.39, 0.29) is 5.50 Å². The van der Waals surface area contributed by atoms with Crippen molar-refractivity contribution in [2.75, 3.05) is 11.9 Å². The Morgan fingerprint density at radius 1 is 1.42 bits per heavy atom. The lowest BCUT2D eigenvalue weighted by atomic mass is 10.0. The van der Waals surface area contributed by atoms with Crippen LogP contribution in [0.2, 0.25) is 0 Å². The Bertz CT molecular complexity index is 811. The number of anilines is 1. The summed E-state index contributed by atoms with van der Waals surface area (Å²) in [5.41, 5.74) is 11.0. The molecule has 0 spiro atoms. The van der Waals surface area contributed by atoms with E-state index in [1.165, 1.54) is 0 Å². The standard InChI is InChI=1S/C18H18ClN5/c1-2-21-11-14(18(20)12-4-3-7-22-9-12)13-8-16-15(23-10-13)5-6-17(19)24-16/h3-11,17,24H,2,20H2,1H3. The summed E-state index contributed by atoms with van der Waals surface area (Å²) in [6.45, 7) is 2.65. The third-order valence-corrected chi connectivity index (χ3v) is 3.87. The summed E-state index contributed by atoms with van der Waals surface area (Å²) >= 11 is 6.12. The third kappa shape index (κ3) is 3.46. The minimum Gasteiger partial charge on any atom is -0.398 e. The molecule has 0 saturated carbocycles. The van der Waals surface area contributed by atoms with Crippen LogP contribution >= 0.6 is 11.6 Å². The number of nitrogens with two attached hydrogens (primary N) is 1. The van der Waals surface area contributed by atoms with Crippen LogP contribution in [0.15, 0.2) is 47.9 Å². The second kappa shape index (κ2) is 7.27. The van der Waals surface area contributed by atoms with Crippen molar-refractivity contribution in [2.24, 2.45) is 10.7 Å². The molecule has 1 unspecified atom stereocenters. The molecule has 0 saturated heterocycles. The first-order valence-electron chi connectivity index (χ1n) is 7.68. The number of halogens is 1. The minimum absolute atomic E-state index is 0.248. The molecule has 3 N–H and O–H groups in total. The second-order valence-electron chi connectivity index (χ2n) is 5.26. The molecule has 5 nitrogen and oxygen atoms in total. The van der Waals surface area contributed by atoms with E-state index in [2.05, 4.69) is 20.3 Å². The van der Waals surface area contributed by atoms with Gasteiger partial charge in [-0.3, -0.25) is 15.0 Å². The van der Waals surface area contributed by atoms with Gasteiger partial charge in [0.15, 0.2) is 0 Å². The van der Waals surface area contributed by atoms with E-state index in [0.717, 1.165) is 28.1 Å². The van der Waals surface area contributed by atoms with Crippen molar-refractivity contribution in [1.82, 2.24) is 9.97 Å². The molecule has 3 heterocycles. The molecule has 1 aliphatic heterocycles. The van der Waals surface area contributed by atoms with E-state index in [1.807, 2.05) is 37.3 Å². The first-order chi connectivity index (χ1) is 11.7. The number of aromatic nitrogens is 2. The zero-order valence-corrected chi connectivity index (χ0v) is 14.0. The lowest BCUT2D eigenvalue weighted by Crippen LogP contribution is -2.14. The molecule has 1 atom stereocenters. The van der Waals surface area contributed by atoms with Crippen molar-refractivity contribution < 1.29 is 0 Å². The SMILES string of the molecule is CCN=CC(=C(N)c1cccnc1)c1cnc2c(c1)NC(Cl)C=C2. The van der Waals surface area contributed by atoms with E-state index in [9.17, 15) is 0 Å². The van der Waals surface area contributed by atoms with Gasteiger partial charge in [0.2, 0.25) is 0 Å². The van der Waals surface area contributed by atoms with Gasteiger partial charge >= 0.3 is 0 Å². The fourth-order valence-electron chi connectivity index (χ4n) is 2.40. The Morgan fingerprint density at radius 3 is 3.04 bits per heavy atom. The van der Waals surface area contributed by atoms with Crippen molar-refractivity contribution >= 4 is 40.8 Å². The largest absolute Gasteiger partial charge is 0.398 e. The van der Waals surface area contributed by atoms with Crippen LogP contribution in [0.5, 0.6) is 0 Å². The zero-order chi connectivity index (χ0) is 16.9. The smallest absolute Gasteiger partial charge is 0.120 e. The molecular weight excluding hydrogens is 322 g/mol. The Morgan fingerprint density at radius 2 is 2.29 bits per heavy atom. The first kappa shape index (κ1) is 16.2. The van der Waals surface area contributed by atoms with Gasteiger partial charge in [-0.25, -0.2) is 0 Å². The topological polar surface area (TPSA) is 76.2 Å². The first-order valence-corrected chi connectivity index (χ1v) is 8.12. The van der Waals surface area contributed by atoms with Gasteiger partial charge < -0.3 is 11.1 Å². The van der Waals surface area contributed by atoms with Crippen LogP contribution in [-0.4, -0.2) is 28.2 Å². The zero-order valence-electron chi connectivity index (χ0n) is 13.3. The third-order valence-electron chi connectivity index (χ3n) is 3.61. The van der Waals surface area contributed by atoms with Crippen LogP contribution in [0.1, 0.15) is 23.7 Å². The molecule has 1 aliphatic rings. The van der Waals surface area contributed by atoms with Gasteiger partial charge in [-0.05, 0) is 37.3 Å². The molecule has 3 rings (SSSR count). The highest BCUT2D eigenvalue weighted by atomic mass is 35.5. The average Bonchev–Trinajstić information content (AvgIpc) is 2.62. The molecule has 0 aliphatic carbocycles. The van der Waals surface area contributed by atoms with Gasteiger partial charge in [0.25, 0.3) is 0 Å². The molecule has 2 aromatic heterocycles. The molecule has 0 radical (unpaired) electrons. The maximum absolute atomic E-state index is 6.38. The predicted molar refractivity (Wildman–Crippen MR) is 101 cm³/mol. The van der Waals surface area contributed by atoms with Crippen LogP contribution in [0, 0.1) is 0 Å². The highest BCUT2D eigenvalue weighted by Crippen LogP contribution is 2.28. The lowest BCUT2D eigenvalue weighted by molar-refractivity contribution is 1.14. The molecule has 122 valence electrons. The number of nitrogens with one attached hydrogen (secondary N) is 1. The number of fused-ring (bicyclic) bond motifs is 1. The number of nitrogens with zero attached hydrogens (tertiary/aromatic N) is 3. The van der Waals surface area contributed by atoms with Crippen molar-refractivity contribution in [3.05, 3.63) is 59.7 Å². The monoisotopic (exact) mass is 339 g/mol. The predicted octanol–water partition coefficient (Wildman–Crippen LogP) is 3.40. The van der Waals surface area contributed by atoms with Crippen LogP contribution in [0.3, 0.4) is 0 Å². The molecule has 0 bridgehead atoms. The molecular formula is C18H18ClN5. The number of aliphatic imine (C=N–C) groups is 1. The van der Waals surface area contributed by atoms with Crippen molar-refractivity contribution in [3.63, 3.8) is 0 Å². The number of rotatable bonds is 4. The number of hydrogen-bond acceptors (Lipinski definition) is 5. The summed E-state index contributed by atoms with van der Waals surface area (Å²) in [4.78, 5) is 13.0. The number of pyridine rings is 2. The Hall–Kier alpha value is -2.66. The average molecular weight is 340 g/mol. The summed E-state index contributed by atoms with van der Waals surface area (Å²) < 4.78 is 0. The van der Waals surface area contributed by atoms with E-state index in [4.69, 9.17) is 17.3 Å². The lowest BCUT2D eigenvalue weighted by Gasteiger charge is -2.18. The summed E-state index contributed by atoms with van der Waals surface area (Å²) in [7, 11) is 0. The van der Waals surface area contributed by atoms with Crippen LogP contribution < -0.4 is 11.1 Å². The molecule has 2 aromatic rings. The van der Waals surface area contributed by atoms with E-state index in [0.29, 0.717) is 12.2 Å². The fraction of sp³-hybridized carbons (Fsp3) is 0.167.